The van der Waals surface area contributed by atoms with Gasteiger partial charge in [-0.1, -0.05) is 29.8 Å². The molecule has 3 amide bonds. The fraction of sp³-hybridized carbons (Fsp3) is 0.423. The highest BCUT2D eigenvalue weighted by atomic mass is 35.5. The van der Waals surface area contributed by atoms with Crippen LogP contribution in [-0.2, 0) is 9.53 Å². The molecule has 1 spiro atoms. The summed E-state index contributed by atoms with van der Waals surface area (Å²) in [5, 5.41) is 3.25. The van der Waals surface area contributed by atoms with Gasteiger partial charge >= 0.3 is 0 Å². The molecule has 0 radical (unpaired) electrons. The topological polar surface area (TPSA) is 82.2 Å². The van der Waals surface area contributed by atoms with Crippen molar-refractivity contribution in [2.24, 2.45) is 0 Å². The first-order valence-electron chi connectivity index (χ1n) is 11.9. The van der Waals surface area contributed by atoms with E-state index in [4.69, 9.17) is 16.3 Å². The number of amides is 3. The Morgan fingerprint density at radius 3 is 2.50 bits per heavy atom. The number of benzene rings is 2. The number of halogens is 2. The molecule has 36 heavy (non-hydrogen) atoms. The minimum absolute atomic E-state index is 0.0211. The van der Waals surface area contributed by atoms with Gasteiger partial charge < -0.3 is 19.9 Å². The second-order valence-electron chi connectivity index (χ2n) is 9.32. The molecule has 4 rings (SSSR count). The lowest BCUT2D eigenvalue weighted by Crippen LogP contribution is -2.60. The van der Waals surface area contributed by atoms with Crippen LogP contribution in [0.3, 0.4) is 0 Å². The smallest absolute Gasteiger partial charge is 0.256 e. The summed E-state index contributed by atoms with van der Waals surface area (Å²) >= 11 is 6.22. The Bertz CT molecular complexity index is 1140. The van der Waals surface area contributed by atoms with Gasteiger partial charge in [0.25, 0.3) is 11.8 Å². The van der Waals surface area contributed by atoms with E-state index in [-0.39, 0.29) is 24.0 Å². The number of nitrogens with one attached hydrogen (secondary N) is 1. The molecule has 1 N–H and O–H groups in total. The fourth-order valence-corrected chi connectivity index (χ4v) is 4.93. The van der Waals surface area contributed by atoms with Gasteiger partial charge in [0.2, 0.25) is 5.91 Å². The molecule has 2 heterocycles. The number of likely N-dealkylation sites (tertiary alicyclic amines) is 1. The van der Waals surface area contributed by atoms with Gasteiger partial charge in [0.1, 0.15) is 17.6 Å². The number of carbonyl (C=O) groups excluding carboxylic acids is 3. The maximum absolute atomic E-state index is 13.9. The van der Waals surface area contributed by atoms with Crippen molar-refractivity contribution in [3.63, 3.8) is 0 Å². The third-order valence-electron chi connectivity index (χ3n) is 6.65. The third-order valence-corrected chi connectivity index (χ3v) is 6.98. The fourth-order valence-electron chi connectivity index (χ4n) is 4.71. The van der Waals surface area contributed by atoms with Crippen LogP contribution in [0.25, 0.3) is 0 Å². The number of carbonyl (C=O) groups is 3. The quantitative estimate of drug-likeness (QED) is 0.638. The van der Waals surface area contributed by atoms with Crippen LogP contribution >= 0.6 is 11.6 Å². The minimum atomic E-state index is -1.08. The van der Waals surface area contributed by atoms with E-state index in [1.165, 1.54) is 23.1 Å². The Morgan fingerprint density at radius 2 is 1.83 bits per heavy atom. The number of likely N-dealkylation sites (N-methyl/N-ethyl adjacent to an activating group) is 1. The van der Waals surface area contributed by atoms with Crippen LogP contribution in [0.2, 0.25) is 5.02 Å². The van der Waals surface area contributed by atoms with Crippen molar-refractivity contribution in [1.82, 2.24) is 20.0 Å². The zero-order valence-corrected chi connectivity index (χ0v) is 21.1. The molecule has 0 unspecified atom stereocenters. The van der Waals surface area contributed by atoms with E-state index < -0.39 is 23.5 Å². The number of hydrogen-bond donors (Lipinski definition) is 1. The van der Waals surface area contributed by atoms with Crippen LogP contribution in [0, 0.1) is 5.82 Å². The monoisotopic (exact) mass is 516 g/mol. The van der Waals surface area contributed by atoms with Gasteiger partial charge in [-0.3, -0.25) is 19.3 Å². The highest BCUT2D eigenvalue weighted by molar-refractivity contribution is 6.33. The maximum Gasteiger partial charge on any atom is 0.256 e. The second-order valence-corrected chi connectivity index (χ2v) is 9.73. The Labute approximate surface area is 214 Å². The lowest BCUT2D eigenvalue weighted by atomic mass is 9.96. The number of piperidine rings is 1. The summed E-state index contributed by atoms with van der Waals surface area (Å²) in [4.78, 5) is 44.9. The molecule has 0 bridgehead atoms. The summed E-state index contributed by atoms with van der Waals surface area (Å²) < 4.78 is 20.1. The molecule has 0 saturated carbocycles. The molecule has 1 atom stereocenters. The number of hydrogen-bond acceptors (Lipinski definition) is 5. The molecule has 2 aromatic carbocycles. The molecule has 2 aromatic rings. The van der Waals surface area contributed by atoms with Gasteiger partial charge in [-0.2, -0.15) is 0 Å². The van der Waals surface area contributed by atoms with Crippen molar-refractivity contribution in [3.8, 4) is 0 Å². The first-order valence-corrected chi connectivity index (χ1v) is 12.3. The average Bonchev–Trinajstić information content (AvgIpc) is 3.22. The van der Waals surface area contributed by atoms with Crippen molar-refractivity contribution in [3.05, 3.63) is 70.5 Å². The van der Waals surface area contributed by atoms with Crippen molar-refractivity contribution in [2.45, 2.75) is 24.6 Å². The number of nitrogens with zero attached hydrogens (tertiary/aromatic N) is 3. The second kappa shape index (κ2) is 10.9. The Hall–Kier alpha value is -3.01. The van der Waals surface area contributed by atoms with Gasteiger partial charge in [0.15, 0.2) is 0 Å². The summed E-state index contributed by atoms with van der Waals surface area (Å²) in [7, 11) is 3.80. The predicted molar refractivity (Wildman–Crippen MR) is 133 cm³/mol. The molecular weight excluding hydrogens is 487 g/mol. The van der Waals surface area contributed by atoms with Crippen molar-refractivity contribution in [1.29, 1.82) is 0 Å². The standard InChI is InChI=1S/C26H30ClFN4O4/c1-30(2)15-12-29-23(33)22-17-36-26(32(22)24(34)18-6-5-7-19(28)16-18)10-13-31(14-11-26)25(35)20-8-3-4-9-21(20)27/h3-9,16,22H,10-15,17H2,1-2H3,(H,29,33)/t22-/m1/s1. The zero-order valence-electron chi connectivity index (χ0n) is 20.4. The van der Waals surface area contributed by atoms with E-state index in [1.807, 2.05) is 19.0 Å². The first-order chi connectivity index (χ1) is 17.2. The first kappa shape index (κ1) is 26.1. The molecule has 2 saturated heterocycles. The number of ether oxygens (including phenoxy) is 1. The molecule has 2 aliphatic heterocycles. The minimum Gasteiger partial charge on any atom is -0.353 e. The molecule has 8 nitrogen and oxygen atoms in total. The van der Waals surface area contributed by atoms with Crippen LogP contribution in [0.5, 0.6) is 0 Å². The van der Waals surface area contributed by atoms with Gasteiger partial charge in [0.05, 0.1) is 17.2 Å². The summed E-state index contributed by atoms with van der Waals surface area (Å²) in [5.41, 5.74) is -0.529. The van der Waals surface area contributed by atoms with E-state index in [0.29, 0.717) is 49.6 Å². The number of rotatable bonds is 6. The molecular formula is C26H30ClFN4O4. The van der Waals surface area contributed by atoms with E-state index in [1.54, 1.807) is 29.2 Å². The highest BCUT2D eigenvalue weighted by Gasteiger charge is 2.54. The lowest BCUT2D eigenvalue weighted by molar-refractivity contribution is -0.128. The molecule has 2 aliphatic rings. The Kier molecular flexibility index (Phi) is 7.92. The van der Waals surface area contributed by atoms with Crippen LogP contribution < -0.4 is 5.32 Å². The van der Waals surface area contributed by atoms with E-state index in [9.17, 15) is 18.8 Å². The van der Waals surface area contributed by atoms with Crippen molar-refractivity contribution >= 4 is 29.3 Å². The average molecular weight is 517 g/mol. The summed E-state index contributed by atoms with van der Waals surface area (Å²) in [6, 6.07) is 11.4. The van der Waals surface area contributed by atoms with Crippen molar-refractivity contribution in [2.75, 3.05) is 46.9 Å². The van der Waals surface area contributed by atoms with E-state index in [0.717, 1.165) is 6.07 Å². The predicted octanol–water partition coefficient (Wildman–Crippen LogP) is 2.63. The van der Waals surface area contributed by atoms with Gasteiger partial charge in [-0.05, 0) is 44.4 Å². The van der Waals surface area contributed by atoms with Crippen LogP contribution in [-0.4, -0.2) is 91.1 Å². The highest BCUT2D eigenvalue weighted by Crippen LogP contribution is 2.39. The molecule has 10 heteroatoms. The van der Waals surface area contributed by atoms with E-state index in [2.05, 4.69) is 5.32 Å². The lowest BCUT2D eigenvalue weighted by Gasteiger charge is -2.44. The normalized spacial score (nSPS) is 19.1. The Morgan fingerprint density at radius 1 is 1.11 bits per heavy atom. The maximum atomic E-state index is 13.9. The van der Waals surface area contributed by atoms with Crippen LogP contribution in [0.1, 0.15) is 33.6 Å². The van der Waals surface area contributed by atoms with Gasteiger partial charge in [0, 0.05) is 44.6 Å². The SMILES string of the molecule is CN(C)CCNC(=O)[C@H]1COC2(CCN(C(=O)c3ccccc3Cl)CC2)N1C(=O)c1cccc(F)c1. The zero-order chi connectivity index (χ0) is 25.9. The molecule has 2 fully saturated rings. The van der Waals surface area contributed by atoms with Crippen molar-refractivity contribution < 1.29 is 23.5 Å². The largest absolute Gasteiger partial charge is 0.353 e. The Balaban J connectivity index is 1.56. The van der Waals surface area contributed by atoms with Gasteiger partial charge in [-0.25, -0.2) is 4.39 Å². The molecule has 192 valence electrons. The summed E-state index contributed by atoms with van der Waals surface area (Å²) in [6.07, 6.45) is 0.622. The third kappa shape index (κ3) is 5.38. The van der Waals surface area contributed by atoms with Gasteiger partial charge in [-0.15, -0.1) is 0 Å². The van der Waals surface area contributed by atoms with E-state index >= 15 is 0 Å². The van der Waals surface area contributed by atoms with Crippen LogP contribution in [0.15, 0.2) is 48.5 Å². The molecule has 0 aromatic heterocycles. The van der Waals surface area contributed by atoms with Crippen LogP contribution in [0.4, 0.5) is 4.39 Å². The summed E-state index contributed by atoms with van der Waals surface area (Å²) in [5.74, 6) is -1.55. The molecule has 0 aliphatic carbocycles. The summed E-state index contributed by atoms with van der Waals surface area (Å²) in [6.45, 7) is 1.70.